The molecule has 0 amide bonds. The largest absolute Gasteiger partial charge is 0.342 e. The van der Waals surface area contributed by atoms with Gasteiger partial charge in [-0.3, -0.25) is 0 Å². The number of nitrogens with zero attached hydrogens (tertiary/aromatic N) is 3. The second-order valence-corrected chi connectivity index (χ2v) is 0.867. The first-order valence-electron chi connectivity index (χ1n) is 1.60. The summed E-state index contributed by atoms with van der Waals surface area (Å²) in [6, 6.07) is 1.69. The van der Waals surface area contributed by atoms with E-state index in [1.807, 2.05) is 0 Å². The highest BCUT2D eigenvalue weighted by atomic mass is 35.5. The van der Waals surface area contributed by atoms with Crippen LogP contribution in [0.2, 0.25) is 0 Å². The van der Waals surface area contributed by atoms with Crippen molar-refractivity contribution in [2.24, 2.45) is 0 Å². The number of halogens is 1. The zero-order valence-corrected chi connectivity index (χ0v) is 4.55. The Morgan fingerprint density at radius 2 is 2.50 bits per heavy atom. The molecule has 0 spiro atoms. The molecule has 0 bridgehead atoms. The highest BCUT2D eigenvalue weighted by Crippen LogP contribution is 1.79. The van der Waals surface area contributed by atoms with Crippen molar-refractivity contribution in [2.45, 2.75) is 0 Å². The first-order chi connectivity index (χ1) is 3.43. The number of aromatic nitrogens is 2. The summed E-state index contributed by atoms with van der Waals surface area (Å²) >= 11 is 0. The highest BCUT2D eigenvalue weighted by molar-refractivity contribution is 5.85. The molecular formula is C3H2ClN3O. The fourth-order valence-corrected chi connectivity index (χ4v) is 0.220. The van der Waals surface area contributed by atoms with Crippen molar-refractivity contribution < 1.29 is 4.52 Å². The van der Waals surface area contributed by atoms with Crippen LogP contribution in [0.15, 0.2) is 10.9 Å². The van der Waals surface area contributed by atoms with E-state index < -0.39 is 0 Å². The lowest BCUT2D eigenvalue weighted by Crippen LogP contribution is -1.70. The number of hydrogen-bond donors (Lipinski definition) is 0. The zero-order valence-electron chi connectivity index (χ0n) is 3.74. The van der Waals surface area contributed by atoms with E-state index in [2.05, 4.69) is 14.7 Å². The highest BCUT2D eigenvalue weighted by Gasteiger charge is 1.88. The lowest BCUT2D eigenvalue weighted by Gasteiger charge is -1.57. The van der Waals surface area contributed by atoms with Gasteiger partial charge in [0.05, 0.1) is 0 Å². The molecule has 1 heterocycles. The molecule has 1 rings (SSSR count). The van der Waals surface area contributed by atoms with Gasteiger partial charge in [-0.15, -0.1) is 12.4 Å². The maximum atomic E-state index is 7.99. The molecule has 0 aliphatic heterocycles. The van der Waals surface area contributed by atoms with Crippen molar-refractivity contribution in [3.63, 3.8) is 0 Å². The third-order valence-electron chi connectivity index (χ3n) is 0.461. The first-order valence-corrected chi connectivity index (χ1v) is 1.60. The van der Waals surface area contributed by atoms with Gasteiger partial charge in [-0.2, -0.15) is 10.2 Å². The van der Waals surface area contributed by atoms with Gasteiger partial charge in [-0.1, -0.05) is 0 Å². The van der Waals surface area contributed by atoms with Crippen molar-refractivity contribution >= 4 is 12.4 Å². The van der Waals surface area contributed by atoms with Crippen molar-refractivity contribution in [3.05, 3.63) is 12.2 Å². The van der Waals surface area contributed by atoms with Crippen LogP contribution in [-0.2, 0) is 0 Å². The molecule has 0 atom stereocenters. The predicted octanol–water partition coefficient (Wildman–Crippen LogP) is 0.363. The SMILES string of the molecule is Cl.N#Cc1ncon1. The molecule has 42 valence electrons. The summed E-state index contributed by atoms with van der Waals surface area (Å²) in [6.45, 7) is 0. The second kappa shape index (κ2) is 2.99. The second-order valence-electron chi connectivity index (χ2n) is 0.867. The summed E-state index contributed by atoms with van der Waals surface area (Å²) in [6.07, 6.45) is 1.11. The van der Waals surface area contributed by atoms with E-state index >= 15 is 0 Å². The average molecular weight is 132 g/mol. The summed E-state index contributed by atoms with van der Waals surface area (Å²) in [5.41, 5.74) is 0. The van der Waals surface area contributed by atoms with E-state index in [1.54, 1.807) is 6.07 Å². The Labute approximate surface area is 51.5 Å². The Morgan fingerprint density at radius 1 is 1.75 bits per heavy atom. The molecule has 0 radical (unpaired) electrons. The van der Waals surface area contributed by atoms with Crippen LogP contribution in [0.3, 0.4) is 0 Å². The third kappa shape index (κ3) is 1.21. The summed E-state index contributed by atoms with van der Waals surface area (Å²) in [5, 5.41) is 11.2. The minimum Gasteiger partial charge on any atom is -0.342 e. The number of nitriles is 1. The fourth-order valence-electron chi connectivity index (χ4n) is 0.220. The van der Waals surface area contributed by atoms with Crippen LogP contribution in [0.25, 0.3) is 0 Å². The molecule has 0 saturated heterocycles. The van der Waals surface area contributed by atoms with Crippen LogP contribution in [0, 0.1) is 11.3 Å². The minimum atomic E-state index is 0. The van der Waals surface area contributed by atoms with Gasteiger partial charge in [0, 0.05) is 0 Å². The Kier molecular flexibility index (Phi) is 2.59. The summed E-state index contributed by atoms with van der Waals surface area (Å²) in [5.74, 6) is 0.0694. The van der Waals surface area contributed by atoms with E-state index in [1.165, 1.54) is 0 Å². The van der Waals surface area contributed by atoms with Gasteiger partial charge in [0.2, 0.25) is 6.39 Å². The van der Waals surface area contributed by atoms with Crippen LogP contribution in [-0.4, -0.2) is 10.1 Å². The molecule has 5 heteroatoms. The smallest absolute Gasteiger partial charge is 0.273 e. The van der Waals surface area contributed by atoms with E-state index in [0.717, 1.165) is 6.39 Å². The number of hydrogen-bond acceptors (Lipinski definition) is 4. The van der Waals surface area contributed by atoms with Gasteiger partial charge in [-0.25, -0.2) is 0 Å². The Hall–Kier alpha value is -1.08. The van der Waals surface area contributed by atoms with E-state index in [0.29, 0.717) is 0 Å². The van der Waals surface area contributed by atoms with E-state index in [9.17, 15) is 0 Å². The lowest BCUT2D eigenvalue weighted by molar-refractivity contribution is 0.415. The van der Waals surface area contributed by atoms with Crippen LogP contribution >= 0.6 is 12.4 Å². The average Bonchev–Trinajstić information content (AvgIpc) is 2.14. The molecule has 0 saturated carbocycles. The Morgan fingerprint density at radius 3 is 2.75 bits per heavy atom. The van der Waals surface area contributed by atoms with Gasteiger partial charge in [0.15, 0.2) is 0 Å². The van der Waals surface area contributed by atoms with Gasteiger partial charge >= 0.3 is 0 Å². The lowest BCUT2D eigenvalue weighted by atomic mass is 10.7. The molecule has 4 nitrogen and oxygen atoms in total. The van der Waals surface area contributed by atoms with Crippen LogP contribution in [0.5, 0.6) is 0 Å². The maximum Gasteiger partial charge on any atom is 0.273 e. The molecule has 0 N–H and O–H groups in total. The molecule has 0 aliphatic carbocycles. The maximum absolute atomic E-state index is 7.99. The van der Waals surface area contributed by atoms with Crippen molar-refractivity contribution in [2.75, 3.05) is 0 Å². The standard InChI is InChI=1S/C3HN3O.ClH/c4-1-3-5-2-7-6-3;/h2H;1H. The van der Waals surface area contributed by atoms with Crippen LogP contribution in [0.4, 0.5) is 0 Å². The molecule has 0 unspecified atom stereocenters. The van der Waals surface area contributed by atoms with Gasteiger partial charge < -0.3 is 4.52 Å². The van der Waals surface area contributed by atoms with Crippen molar-refractivity contribution in [3.8, 4) is 6.07 Å². The molecule has 1 aromatic rings. The summed E-state index contributed by atoms with van der Waals surface area (Å²) in [4.78, 5) is 3.40. The molecular weight excluding hydrogens is 130 g/mol. The van der Waals surface area contributed by atoms with E-state index in [-0.39, 0.29) is 18.2 Å². The van der Waals surface area contributed by atoms with Crippen LogP contribution in [0.1, 0.15) is 5.82 Å². The zero-order chi connectivity index (χ0) is 5.11. The first kappa shape index (κ1) is 6.92. The molecule has 0 fully saturated rings. The molecule has 0 aliphatic rings. The molecule has 8 heavy (non-hydrogen) atoms. The predicted molar refractivity (Wildman–Crippen MR) is 26.3 cm³/mol. The third-order valence-corrected chi connectivity index (χ3v) is 0.461. The fraction of sp³-hybridized carbons (Fsp3) is 0. The van der Waals surface area contributed by atoms with Gasteiger partial charge in [-0.05, 0) is 5.16 Å². The summed E-state index contributed by atoms with van der Waals surface area (Å²) < 4.78 is 4.22. The Bertz CT molecular complexity index is 177. The minimum absolute atomic E-state index is 0. The monoisotopic (exact) mass is 131 g/mol. The summed E-state index contributed by atoms with van der Waals surface area (Å²) in [7, 11) is 0. The van der Waals surface area contributed by atoms with Crippen LogP contribution < -0.4 is 0 Å². The van der Waals surface area contributed by atoms with E-state index in [4.69, 9.17) is 5.26 Å². The van der Waals surface area contributed by atoms with Crippen molar-refractivity contribution in [1.82, 2.24) is 10.1 Å². The Balaban J connectivity index is 0.000000490. The topological polar surface area (TPSA) is 62.7 Å². The van der Waals surface area contributed by atoms with Gasteiger partial charge in [0.25, 0.3) is 5.82 Å². The quantitative estimate of drug-likeness (QED) is 0.510. The number of rotatable bonds is 0. The van der Waals surface area contributed by atoms with Crippen molar-refractivity contribution in [1.29, 1.82) is 5.26 Å². The normalized spacial score (nSPS) is 6.88. The molecule has 0 aromatic carbocycles. The van der Waals surface area contributed by atoms with Gasteiger partial charge in [0.1, 0.15) is 6.07 Å². The molecule has 1 aromatic heterocycles.